The van der Waals surface area contributed by atoms with Crippen molar-refractivity contribution in [3.8, 4) is 134 Å². The van der Waals surface area contributed by atoms with Gasteiger partial charge in [-0.2, -0.15) is 0 Å². The highest BCUT2D eigenvalue weighted by Gasteiger charge is 2.41. The summed E-state index contributed by atoms with van der Waals surface area (Å²) >= 11 is 0. The van der Waals surface area contributed by atoms with Crippen LogP contribution in [0.4, 0.5) is 0 Å². The Hall–Kier alpha value is -16.4. The van der Waals surface area contributed by atoms with E-state index in [1.807, 2.05) is 0 Å². The molecule has 24 aromatic carbocycles. The van der Waals surface area contributed by atoms with Crippen molar-refractivity contribution in [2.24, 2.45) is 0 Å². The number of fused-ring (bicyclic) bond motifs is 19. The van der Waals surface area contributed by atoms with Gasteiger partial charge in [0, 0.05) is 16.2 Å². The molecule has 0 saturated heterocycles. The van der Waals surface area contributed by atoms with E-state index in [-0.39, 0.29) is 16.2 Å². The van der Waals surface area contributed by atoms with E-state index in [2.05, 4.69) is 515 Å². The van der Waals surface area contributed by atoms with Crippen LogP contribution in [-0.4, -0.2) is 0 Å². The lowest BCUT2D eigenvalue weighted by molar-refractivity contribution is 0.660. The van der Waals surface area contributed by atoms with Crippen LogP contribution in [0.15, 0.2) is 473 Å². The molecule has 0 heteroatoms. The molecular formula is C135H96. The summed E-state index contributed by atoms with van der Waals surface area (Å²) in [5.74, 6) is 0. The van der Waals surface area contributed by atoms with Crippen LogP contribution in [0.5, 0.6) is 0 Å². The van der Waals surface area contributed by atoms with E-state index in [1.165, 1.54) is 264 Å². The summed E-state index contributed by atoms with van der Waals surface area (Å²) in [4.78, 5) is 0. The number of rotatable bonds is 9. The third-order valence-electron chi connectivity index (χ3n) is 30.2. The van der Waals surface area contributed by atoms with Gasteiger partial charge in [-0.3, -0.25) is 0 Å². The number of benzene rings is 24. The minimum Gasteiger partial charge on any atom is -0.0622 e. The topological polar surface area (TPSA) is 0 Å². The zero-order valence-electron chi connectivity index (χ0n) is 76.5. The highest BCUT2D eigenvalue weighted by molar-refractivity contribution is 6.29. The molecular weight excluding hydrogens is 1620 g/mol. The van der Waals surface area contributed by atoms with Crippen molar-refractivity contribution < 1.29 is 0 Å². The Kier molecular flexibility index (Phi) is 19.1. The normalized spacial score (nSPS) is 13.3. The molecule has 0 aliphatic heterocycles. The van der Waals surface area contributed by atoms with Crippen molar-refractivity contribution in [2.75, 3.05) is 0 Å². The van der Waals surface area contributed by atoms with Gasteiger partial charge in [-0.25, -0.2) is 0 Å². The van der Waals surface area contributed by atoms with Crippen molar-refractivity contribution >= 4 is 97.0 Å². The van der Waals surface area contributed by atoms with Crippen LogP contribution in [0.3, 0.4) is 0 Å². The minimum atomic E-state index is -0.0767. The smallest absolute Gasteiger partial charge is 0.0159 e. The largest absolute Gasteiger partial charge is 0.0622 e. The molecule has 0 spiro atoms. The molecule has 0 saturated carbocycles. The summed E-state index contributed by atoms with van der Waals surface area (Å²) in [5, 5.41) is 23.1. The molecule has 0 aromatic heterocycles. The fourth-order valence-electron chi connectivity index (χ4n) is 23.8. The average molecular weight is 1720 g/mol. The van der Waals surface area contributed by atoms with E-state index in [1.54, 1.807) is 0 Å². The first-order valence-electron chi connectivity index (χ1n) is 47.6. The first kappa shape index (κ1) is 80.7. The third kappa shape index (κ3) is 12.9. The molecule has 0 unspecified atom stereocenters. The van der Waals surface area contributed by atoms with Crippen LogP contribution < -0.4 is 0 Å². The maximum absolute atomic E-state index is 2.45. The molecule has 0 fully saturated rings. The van der Waals surface area contributed by atoms with Crippen LogP contribution >= 0.6 is 0 Å². The van der Waals surface area contributed by atoms with Crippen LogP contribution in [0.2, 0.25) is 0 Å². The maximum atomic E-state index is 2.45. The fourth-order valence-corrected chi connectivity index (χ4v) is 23.8. The molecule has 0 bridgehead atoms. The Morgan fingerprint density at radius 1 is 0.111 bits per heavy atom. The zero-order chi connectivity index (χ0) is 90.4. The Labute approximate surface area is 789 Å². The molecule has 135 heavy (non-hydrogen) atoms. The molecule has 3 aliphatic rings. The highest BCUT2D eigenvalue weighted by atomic mass is 14.4. The molecule has 0 N–H and O–H groups in total. The fraction of sp³-hybridized carbons (Fsp3) is 0.0667. The lowest BCUT2D eigenvalue weighted by Crippen LogP contribution is -2.14. The van der Waals surface area contributed by atoms with Crippen LogP contribution in [0.25, 0.3) is 230 Å². The standard InChI is InChI=1S/C49H34.C45H32.C41H30/c1-49(2)44-25-13-12-23-40(44)48-41(24-14-26-45(48)49)47-38-22-11-10-21-37(38)46(39-28-27-32(29-43(39)47)31-15-4-3-5-16-31)42-30-33-17-6-7-18-34(33)35-19-8-9-20-36(35)42;1-45(2)40-21-11-10-19-37(40)44-38(20-12-22-41(44)45)43-35-18-9-8-17-34(35)42(33-24-23-30-15-6-7-16-31(30)27-33)36-26-25-32(28-39(36)43)29-13-4-3-5-14-29;1-41(2)36-22-12-11-20-33(36)40-34(21-13-23-37(40)41)39-31-19-10-9-18-30(31)38(28-16-7-4-8-17-28)32-25-24-29(26-35(32)39)27-14-5-3-6-15-27/h3-30H,1-2H3;3-28H,1-2H3;3-26H,1-2H3. The van der Waals surface area contributed by atoms with Crippen molar-refractivity contribution in [3.05, 3.63) is 507 Å². The second kappa shape index (κ2) is 32.0. The number of hydrogen-bond acceptors (Lipinski definition) is 0. The Bertz CT molecular complexity index is 8970. The molecule has 24 aromatic rings. The second-order valence-corrected chi connectivity index (χ2v) is 38.6. The molecule has 0 amide bonds. The summed E-state index contributed by atoms with van der Waals surface area (Å²) in [6.07, 6.45) is 0. The van der Waals surface area contributed by atoms with Gasteiger partial charge in [0.1, 0.15) is 0 Å². The van der Waals surface area contributed by atoms with Gasteiger partial charge in [0.15, 0.2) is 0 Å². The summed E-state index contributed by atoms with van der Waals surface area (Å²) in [6, 6.07) is 175. The quantitative estimate of drug-likeness (QED) is 0.0998. The summed E-state index contributed by atoms with van der Waals surface area (Å²) in [5.41, 5.74) is 39.3. The van der Waals surface area contributed by atoms with Crippen molar-refractivity contribution in [3.63, 3.8) is 0 Å². The second-order valence-electron chi connectivity index (χ2n) is 38.6. The zero-order valence-corrected chi connectivity index (χ0v) is 76.5. The molecule has 0 atom stereocenters. The van der Waals surface area contributed by atoms with Crippen molar-refractivity contribution in [1.29, 1.82) is 0 Å². The Morgan fingerprint density at radius 3 is 0.763 bits per heavy atom. The third-order valence-corrected chi connectivity index (χ3v) is 30.2. The molecule has 0 nitrogen and oxygen atoms in total. The van der Waals surface area contributed by atoms with Crippen molar-refractivity contribution in [1.82, 2.24) is 0 Å². The van der Waals surface area contributed by atoms with Gasteiger partial charge in [-0.05, 0) is 294 Å². The van der Waals surface area contributed by atoms with E-state index in [4.69, 9.17) is 0 Å². The first-order valence-corrected chi connectivity index (χ1v) is 47.6. The molecule has 0 radical (unpaired) electrons. The van der Waals surface area contributed by atoms with E-state index in [0.29, 0.717) is 0 Å². The molecule has 27 rings (SSSR count). The first-order chi connectivity index (χ1) is 66.3. The molecule has 636 valence electrons. The van der Waals surface area contributed by atoms with Crippen LogP contribution in [0, 0.1) is 0 Å². The summed E-state index contributed by atoms with van der Waals surface area (Å²) in [7, 11) is 0. The van der Waals surface area contributed by atoms with E-state index in [0.717, 1.165) is 0 Å². The Morgan fingerprint density at radius 2 is 0.370 bits per heavy atom. The van der Waals surface area contributed by atoms with E-state index in [9.17, 15) is 0 Å². The van der Waals surface area contributed by atoms with Crippen molar-refractivity contribution in [2.45, 2.75) is 57.8 Å². The number of hydrogen-bond donors (Lipinski definition) is 0. The highest BCUT2D eigenvalue weighted by Crippen LogP contribution is 2.60. The SMILES string of the molecule is CC1(C)c2ccccc2-c2c(-c3c4ccccc4c(-c4cc5ccccc5c5ccccc45)c4ccc(-c5ccccc5)cc34)cccc21.CC1(C)c2ccccc2-c2c(-c3c4ccccc4c(-c4ccc5ccccc5c4)c4ccc(-c5ccccc5)cc34)cccc21.CC1(C)c2ccccc2-c2c(-c3c4ccccc4c(-c4ccccc4)c4ccc(-c5ccccc5)cc34)cccc21. The molecule has 0 heterocycles. The van der Waals surface area contributed by atoms with Gasteiger partial charge in [0.05, 0.1) is 0 Å². The van der Waals surface area contributed by atoms with Crippen LogP contribution in [-0.2, 0) is 16.2 Å². The summed E-state index contributed by atoms with van der Waals surface area (Å²) < 4.78 is 0. The van der Waals surface area contributed by atoms with Gasteiger partial charge in [-0.1, -0.05) is 484 Å². The minimum absolute atomic E-state index is 0.0489. The monoisotopic (exact) mass is 1720 g/mol. The Balaban J connectivity index is 0.000000108. The van der Waals surface area contributed by atoms with Gasteiger partial charge in [-0.15, -0.1) is 0 Å². The molecule has 3 aliphatic carbocycles. The average Bonchev–Trinajstić information content (AvgIpc) is 1.60. The summed E-state index contributed by atoms with van der Waals surface area (Å²) in [6.45, 7) is 14.2. The lowest BCUT2D eigenvalue weighted by atomic mass is 9.80. The van der Waals surface area contributed by atoms with Gasteiger partial charge in [0.2, 0.25) is 0 Å². The van der Waals surface area contributed by atoms with Gasteiger partial charge >= 0.3 is 0 Å². The van der Waals surface area contributed by atoms with E-state index >= 15 is 0 Å². The van der Waals surface area contributed by atoms with Gasteiger partial charge < -0.3 is 0 Å². The lowest BCUT2D eigenvalue weighted by Gasteiger charge is -2.23. The predicted octanol–water partition coefficient (Wildman–Crippen LogP) is 37.4. The maximum Gasteiger partial charge on any atom is 0.0159 e. The van der Waals surface area contributed by atoms with E-state index < -0.39 is 0 Å². The predicted molar refractivity (Wildman–Crippen MR) is 578 cm³/mol. The van der Waals surface area contributed by atoms with Crippen LogP contribution in [0.1, 0.15) is 74.9 Å². The van der Waals surface area contributed by atoms with Gasteiger partial charge in [0.25, 0.3) is 0 Å².